The number of nitrogens with zero attached hydrogens (tertiary/aromatic N) is 4. The van der Waals surface area contributed by atoms with E-state index in [9.17, 15) is 0 Å². The van der Waals surface area contributed by atoms with Crippen LogP contribution in [0.2, 0.25) is 0 Å². The van der Waals surface area contributed by atoms with E-state index in [1.54, 1.807) is 19.8 Å². The van der Waals surface area contributed by atoms with Crippen molar-refractivity contribution in [2.24, 2.45) is 5.92 Å². The first-order valence-electron chi connectivity index (χ1n) is 8.15. The lowest BCUT2D eigenvalue weighted by molar-refractivity contribution is 0.127. The van der Waals surface area contributed by atoms with Gasteiger partial charge in [0.1, 0.15) is 24.2 Å². The average Bonchev–Trinajstić information content (AvgIpc) is 3.12. The predicted molar refractivity (Wildman–Crippen MR) is 87.7 cm³/mol. The van der Waals surface area contributed by atoms with Gasteiger partial charge in [0, 0.05) is 31.6 Å². The van der Waals surface area contributed by atoms with Crippen molar-refractivity contribution >= 4 is 0 Å². The Bertz CT molecular complexity index is 588. The quantitative estimate of drug-likeness (QED) is 0.783. The minimum absolute atomic E-state index is 0.580. The number of rotatable bonds is 7. The molecule has 0 N–H and O–H groups in total. The first kappa shape index (κ1) is 15.8. The summed E-state index contributed by atoms with van der Waals surface area (Å²) in [5.41, 5.74) is 0. The summed E-state index contributed by atoms with van der Waals surface area (Å²) in [7, 11) is 1.67. The molecule has 1 aliphatic heterocycles. The molecule has 3 rings (SSSR count). The van der Waals surface area contributed by atoms with Gasteiger partial charge in [-0.15, -0.1) is 10.2 Å². The van der Waals surface area contributed by atoms with Crippen molar-refractivity contribution in [3.8, 4) is 11.5 Å². The second-order valence-electron chi connectivity index (χ2n) is 6.00. The molecule has 1 aromatic heterocycles. The molecule has 23 heavy (non-hydrogen) atoms. The van der Waals surface area contributed by atoms with Crippen molar-refractivity contribution in [1.82, 2.24) is 19.7 Å². The molecule has 0 aliphatic carbocycles. The molecular formula is C17H24N4O2. The van der Waals surface area contributed by atoms with E-state index >= 15 is 0 Å². The zero-order valence-corrected chi connectivity index (χ0v) is 13.6. The summed E-state index contributed by atoms with van der Waals surface area (Å²) in [6, 6.07) is 7.81. The smallest absolute Gasteiger partial charge is 0.122 e. The molecule has 2 aromatic rings. The lowest BCUT2D eigenvalue weighted by Crippen LogP contribution is -2.39. The molecule has 2 heterocycles. The van der Waals surface area contributed by atoms with Crippen LogP contribution in [-0.4, -0.2) is 53.0 Å². The lowest BCUT2D eigenvalue weighted by atomic mass is 9.99. The Morgan fingerprint density at radius 3 is 2.83 bits per heavy atom. The van der Waals surface area contributed by atoms with E-state index < -0.39 is 0 Å². The van der Waals surface area contributed by atoms with E-state index in [1.165, 1.54) is 12.8 Å². The SMILES string of the molecule is COc1cccc(OCC2CCCN(CCn3cnnc3)C2)c1. The van der Waals surface area contributed by atoms with Gasteiger partial charge in [0.2, 0.25) is 0 Å². The molecule has 1 unspecified atom stereocenters. The molecule has 0 radical (unpaired) electrons. The zero-order chi connectivity index (χ0) is 15.9. The fraction of sp³-hybridized carbons (Fsp3) is 0.529. The second-order valence-corrected chi connectivity index (χ2v) is 6.00. The van der Waals surface area contributed by atoms with Crippen LogP contribution in [0.15, 0.2) is 36.9 Å². The van der Waals surface area contributed by atoms with Gasteiger partial charge in [0.05, 0.1) is 13.7 Å². The molecule has 0 spiro atoms. The van der Waals surface area contributed by atoms with Gasteiger partial charge in [-0.2, -0.15) is 0 Å². The summed E-state index contributed by atoms with van der Waals surface area (Å²) in [4.78, 5) is 2.50. The third-order valence-corrected chi connectivity index (χ3v) is 4.27. The molecule has 1 fully saturated rings. The number of piperidine rings is 1. The van der Waals surface area contributed by atoms with Gasteiger partial charge in [-0.25, -0.2) is 0 Å². The highest BCUT2D eigenvalue weighted by atomic mass is 16.5. The van der Waals surface area contributed by atoms with Crippen molar-refractivity contribution < 1.29 is 9.47 Å². The maximum Gasteiger partial charge on any atom is 0.122 e. The molecule has 0 saturated carbocycles. The highest BCUT2D eigenvalue weighted by Crippen LogP contribution is 2.22. The first-order valence-corrected chi connectivity index (χ1v) is 8.15. The fourth-order valence-corrected chi connectivity index (χ4v) is 2.99. The highest BCUT2D eigenvalue weighted by molar-refractivity contribution is 5.32. The van der Waals surface area contributed by atoms with Crippen LogP contribution in [-0.2, 0) is 6.54 Å². The number of likely N-dealkylation sites (tertiary alicyclic amines) is 1. The summed E-state index contributed by atoms with van der Waals surface area (Å²) < 4.78 is 13.2. The highest BCUT2D eigenvalue weighted by Gasteiger charge is 2.20. The van der Waals surface area contributed by atoms with Crippen molar-refractivity contribution in [3.63, 3.8) is 0 Å². The van der Waals surface area contributed by atoms with Gasteiger partial charge in [-0.05, 0) is 31.5 Å². The Morgan fingerprint density at radius 2 is 2.00 bits per heavy atom. The monoisotopic (exact) mass is 316 g/mol. The van der Waals surface area contributed by atoms with E-state index in [0.717, 1.165) is 44.3 Å². The van der Waals surface area contributed by atoms with E-state index in [1.807, 2.05) is 28.8 Å². The van der Waals surface area contributed by atoms with Crippen LogP contribution < -0.4 is 9.47 Å². The molecule has 124 valence electrons. The molecule has 1 atom stereocenters. The summed E-state index contributed by atoms with van der Waals surface area (Å²) >= 11 is 0. The third kappa shape index (κ3) is 4.69. The molecule has 1 aliphatic rings. The molecule has 1 aromatic carbocycles. The molecule has 0 amide bonds. The van der Waals surface area contributed by atoms with Crippen molar-refractivity contribution in [1.29, 1.82) is 0 Å². The Labute approximate surface area is 137 Å². The molecular weight excluding hydrogens is 292 g/mol. The van der Waals surface area contributed by atoms with Crippen LogP contribution in [0.4, 0.5) is 0 Å². The summed E-state index contributed by atoms with van der Waals surface area (Å²) in [6.07, 6.45) is 6.00. The summed E-state index contributed by atoms with van der Waals surface area (Å²) in [5.74, 6) is 2.29. The summed E-state index contributed by atoms with van der Waals surface area (Å²) in [5, 5.41) is 7.68. The lowest BCUT2D eigenvalue weighted by Gasteiger charge is -2.32. The maximum atomic E-state index is 5.95. The molecule has 6 nitrogen and oxygen atoms in total. The Kier molecular flexibility index (Phi) is 5.47. The number of ether oxygens (including phenoxy) is 2. The normalized spacial score (nSPS) is 18.7. The van der Waals surface area contributed by atoms with E-state index in [2.05, 4.69) is 15.1 Å². The fourth-order valence-electron chi connectivity index (χ4n) is 2.99. The predicted octanol–water partition coefficient (Wildman–Crippen LogP) is 2.08. The summed E-state index contributed by atoms with van der Waals surface area (Å²) in [6.45, 7) is 4.99. The number of hydrogen-bond donors (Lipinski definition) is 0. The van der Waals surface area contributed by atoms with Gasteiger partial charge in [-0.3, -0.25) is 0 Å². The Hall–Kier alpha value is -2.08. The first-order chi connectivity index (χ1) is 11.3. The number of benzene rings is 1. The van der Waals surface area contributed by atoms with Gasteiger partial charge < -0.3 is 18.9 Å². The number of methoxy groups -OCH3 is 1. The maximum absolute atomic E-state index is 5.95. The third-order valence-electron chi connectivity index (χ3n) is 4.27. The average molecular weight is 316 g/mol. The van der Waals surface area contributed by atoms with E-state index in [-0.39, 0.29) is 0 Å². The largest absolute Gasteiger partial charge is 0.497 e. The van der Waals surface area contributed by atoms with Crippen molar-refractivity contribution in [2.45, 2.75) is 19.4 Å². The molecule has 1 saturated heterocycles. The van der Waals surface area contributed by atoms with Crippen LogP contribution in [0, 0.1) is 5.92 Å². The van der Waals surface area contributed by atoms with Crippen molar-refractivity contribution in [3.05, 3.63) is 36.9 Å². The van der Waals surface area contributed by atoms with E-state index in [4.69, 9.17) is 9.47 Å². The Balaban J connectivity index is 1.44. The van der Waals surface area contributed by atoms with Crippen LogP contribution >= 0.6 is 0 Å². The van der Waals surface area contributed by atoms with Gasteiger partial charge in [-0.1, -0.05) is 6.07 Å². The Morgan fingerprint density at radius 1 is 1.17 bits per heavy atom. The molecule has 0 bridgehead atoms. The number of hydrogen-bond acceptors (Lipinski definition) is 5. The standard InChI is InChI=1S/C17H24N4O2/c1-22-16-5-2-6-17(10-16)23-12-15-4-3-7-20(11-15)8-9-21-13-18-19-14-21/h2,5-6,10,13-15H,3-4,7-9,11-12H2,1H3. The minimum atomic E-state index is 0.580. The van der Waals surface area contributed by atoms with Gasteiger partial charge >= 0.3 is 0 Å². The van der Waals surface area contributed by atoms with Gasteiger partial charge in [0.25, 0.3) is 0 Å². The van der Waals surface area contributed by atoms with E-state index in [0.29, 0.717) is 5.92 Å². The minimum Gasteiger partial charge on any atom is -0.497 e. The number of aromatic nitrogens is 3. The molecule has 6 heteroatoms. The topological polar surface area (TPSA) is 52.4 Å². The zero-order valence-electron chi connectivity index (χ0n) is 13.6. The van der Waals surface area contributed by atoms with Crippen LogP contribution in [0.1, 0.15) is 12.8 Å². The van der Waals surface area contributed by atoms with Crippen molar-refractivity contribution in [2.75, 3.05) is 33.4 Å². The second kappa shape index (κ2) is 7.97. The van der Waals surface area contributed by atoms with Crippen LogP contribution in [0.25, 0.3) is 0 Å². The van der Waals surface area contributed by atoms with Crippen LogP contribution in [0.3, 0.4) is 0 Å². The van der Waals surface area contributed by atoms with Crippen LogP contribution in [0.5, 0.6) is 11.5 Å². The van der Waals surface area contributed by atoms with Gasteiger partial charge in [0.15, 0.2) is 0 Å².